The third-order valence-corrected chi connectivity index (χ3v) is 2.98. The maximum atomic E-state index is 5.99. The number of benzene rings is 1. The first kappa shape index (κ1) is 15.0. The number of hydrogen-bond donors (Lipinski definition) is 1. The smallest absolute Gasteiger partial charge is 0.140 e. The number of anilines is 1. The Hall–Kier alpha value is -1.08. The molecule has 1 rings (SSSR count). The highest BCUT2D eigenvalue weighted by Gasteiger charge is 2.06. The average molecular weight is 287 g/mol. The van der Waals surface area contributed by atoms with Gasteiger partial charge in [-0.1, -0.05) is 29.1 Å². The lowest BCUT2D eigenvalue weighted by Gasteiger charge is -2.14. The predicted molar refractivity (Wildman–Crippen MR) is 77.3 cm³/mol. The van der Waals surface area contributed by atoms with Crippen molar-refractivity contribution in [1.29, 1.82) is 0 Å². The molecule has 0 aliphatic heterocycles. The van der Waals surface area contributed by atoms with Gasteiger partial charge in [0.1, 0.15) is 5.75 Å². The van der Waals surface area contributed by atoms with Crippen molar-refractivity contribution in [3.63, 3.8) is 0 Å². The molecule has 5 heteroatoms. The highest BCUT2D eigenvalue weighted by Crippen LogP contribution is 2.32. The van der Waals surface area contributed by atoms with Gasteiger partial charge in [0.25, 0.3) is 0 Å². The van der Waals surface area contributed by atoms with Crippen LogP contribution in [0.2, 0.25) is 10.0 Å². The normalized spacial score (nSPS) is 10.4. The number of nitrogens with two attached hydrogens (primary N) is 1. The molecule has 0 aliphatic rings. The maximum absolute atomic E-state index is 5.99. The van der Waals surface area contributed by atoms with Crippen LogP contribution >= 0.6 is 23.2 Å². The van der Waals surface area contributed by atoms with Gasteiger partial charge >= 0.3 is 0 Å². The molecule has 0 unspecified atom stereocenters. The summed E-state index contributed by atoms with van der Waals surface area (Å²) >= 11 is 11.8. The first-order valence-corrected chi connectivity index (χ1v) is 6.29. The first-order chi connectivity index (χ1) is 8.54. The van der Waals surface area contributed by atoms with Crippen molar-refractivity contribution in [2.24, 2.45) is 0 Å². The number of terminal acetylenes is 1. The summed E-state index contributed by atoms with van der Waals surface area (Å²) in [6.07, 6.45) is 6.07. The van der Waals surface area contributed by atoms with Gasteiger partial charge in [-0.25, -0.2) is 0 Å². The van der Waals surface area contributed by atoms with Gasteiger partial charge in [0, 0.05) is 12.6 Å². The molecular formula is C13H16Cl2N2O. The Labute approximate surface area is 118 Å². The lowest BCUT2D eigenvalue weighted by Crippen LogP contribution is -2.21. The molecule has 98 valence electrons. The molecule has 18 heavy (non-hydrogen) atoms. The van der Waals surface area contributed by atoms with Crippen LogP contribution in [0, 0.1) is 12.3 Å². The summed E-state index contributed by atoms with van der Waals surface area (Å²) in [5.74, 6) is 3.14. The highest BCUT2D eigenvalue weighted by molar-refractivity contribution is 6.37. The lowest BCUT2D eigenvalue weighted by molar-refractivity contribution is 0.275. The number of ether oxygens (including phenoxy) is 1. The van der Waals surface area contributed by atoms with E-state index in [4.69, 9.17) is 40.1 Å². The van der Waals surface area contributed by atoms with Crippen LogP contribution in [0.4, 0.5) is 5.69 Å². The van der Waals surface area contributed by atoms with Crippen LogP contribution in [0.15, 0.2) is 12.1 Å². The molecule has 0 bridgehead atoms. The van der Waals surface area contributed by atoms with E-state index >= 15 is 0 Å². The van der Waals surface area contributed by atoms with Gasteiger partial charge in [-0.3, -0.25) is 4.90 Å². The number of nitrogen functional groups attached to an aromatic ring is 1. The van der Waals surface area contributed by atoms with Crippen molar-refractivity contribution in [2.75, 3.05) is 32.5 Å². The van der Waals surface area contributed by atoms with Crippen LogP contribution in [-0.2, 0) is 0 Å². The minimum Gasteiger partial charge on any atom is -0.492 e. The molecular weight excluding hydrogens is 271 g/mol. The Balaban J connectivity index is 2.40. The molecule has 0 atom stereocenters. The fourth-order valence-corrected chi connectivity index (χ4v) is 1.84. The Bertz CT molecular complexity index is 443. The molecule has 0 saturated heterocycles. The van der Waals surface area contributed by atoms with Crippen molar-refractivity contribution in [1.82, 2.24) is 4.90 Å². The number of halogens is 2. The summed E-state index contributed by atoms with van der Waals surface area (Å²) in [6.45, 7) is 2.05. The third kappa shape index (κ3) is 4.66. The van der Waals surface area contributed by atoms with E-state index in [9.17, 15) is 0 Å². The van der Waals surface area contributed by atoms with E-state index in [1.165, 1.54) is 0 Å². The molecule has 0 amide bonds. The molecule has 1 aromatic rings. The van der Waals surface area contributed by atoms with E-state index in [0.717, 1.165) is 13.0 Å². The zero-order chi connectivity index (χ0) is 13.5. The lowest BCUT2D eigenvalue weighted by atomic mass is 10.3. The fraction of sp³-hybridized carbons (Fsp3) is 0.385. The minimum absolute atomic E-state index is 0.432. The van der Waals surface area contributed by atoms with Gasteiger partial charge in [0.2, 0.25) is 0 Å². The second-order valence-corrected chi connectivity index (χ2v) is 4.76. The first-order valence-electron chi connectivity index (χ1n) is 5.54. The molecule has 2 N–H and O–H groups in total. The van der Waals surface area contributed by atoms with E-state index in [2.05, 4.69) is 5.92 Å². The van der Waals surface area contributed by atoms with Crippen molar-refractivity contribution in [3.05, 3.63) is 22.2 Å². The highest BCUT2D eigenvalue weighted by atomic mass is 35.5. The molecule has 0 saturated carbocycles. The van der Waals surface area contributed by atoms with Crippen LogP contribution < -0.4 is 10.5 Å². The molecule has 0 heterocycles. The van der Waals surface area contributed by atoms with E-state index < -0.39 is 0 Å². The third-order valence-electron chi connectivity index (χ3n) is 2.35. The van der Waals surface area contributed by atoms with Crippen LogP contribution in [0.5, 0.6) is 5.75 Å². The van der Waals surface area contributed by atoms with Gasteiger partial charge in [0.05, 0.1) is 28.9 Å². The molecule has 0 radical (unpaired) electrons. The maximum Gasteiger partial charge on any atom is 0.140 e. The predicted octanol–water partition coefficient (Wildman–Crippen LogP) is 2.91. The van der Waals surface area contributed by atoms with Gasteiger partial charge in [0.15, 0.2) is 0 Å². The molecule has 0 fully saturated rings. The Morgan fingerprint density at radius 3 is 2.78 bits per heavy atom. The van der Waals surface area contributed by atoms with Crippen molar-refractivity contribution < 1.29 is 4.74 Å². The van der Waals surface area contributed by atoms with E-state index in [-0.39, 0.29) is 0 Å². The number of nitrogens with zero attached hydrogens (tertiary/aromatic N) is 1. The van der Waals surface area contributed by atoms with Crippen molar-refractivity contribution in [3.8, 4) is 18.1 Å². The van der Waals surface area contributed by atoms with Crippen LogP contribution in [0.3, 0.4) is 0 Å². The SMILES string of the molecule is C#CCN(C)CCCOc1cc(N)c(Cl)cc1Cl. The Kier molecular flexibility index (Phi) is 6.14. The van der Waals surface area contributed by atoms with Gasteiger partial charge < -0.3 is 10.5 Å². The van der Waals surface area contributed by atoms with Crippen molar-refractivity contribution in [2.45, 2.75) is 6.42 Å². The van der Waals surface area contributed by atoms with Crippen LogP contribution in [0.1, 0.15) is 6.42 Å². The molecule has 1 aromatic carbocycles. The van der Waals surface area contributed by atoms with Crippen molar-refractivity contribution >= 4 is 28.9 Å². The summed E-state index contributed by atoms with van der Waals surface area (Å²) < 4.78 is 5.55. The summed E-state index contributed by atoms with van der Waals surface area (Å²) in [4.78, 5) is 2.04. The monoisotopic (exact) mass is 286 g/mol. The van der Waals surface area contributed by atoms with Gasteiger partial charge in [-0.05, 0) is 19.5 Å². The fourth-order valence-electron chi connectivity index (χ4n) is 1.41. The zero-order valence-corrected chi connectivity index (χ0v) is 11.8. The van der Waals surface area contributed by atoms with E-state index in [1.54, 1.807) is 12.1 Å². The molecule has 3 nitrogen and oxygen atoms in total. The quantitative estimate of drug-likeness (QED) is 0.496. The molecule has 0 aromatic heterocycles. The number of hydrogen-bond acceptors (Lipinski definition) is 3. The summed E-state index contributed by atoms with van der Waals surface area (Å²) in [5.41, 5.74) is 6.14. The topological polar surface area (TPSA) is 38.5 Å². The largest absolute Gasteiger partial charge is 0.492 e. The van der Waals surface area contributed by atoms with Gasteiger partial charge in [-0.15, -0.1) is 6.42 Å². The van der Waals surface area contributed by atoms with E-state index in [1.807, 2.05) is 11.9 Å². The average Bonchev–Trinajstić information content (AvgIpc) is 2.31. The standard InChI is InChI=1S/C13H16Cl2N2O/c1-3-5-17(2)6-4-7-18-13-9-12(16)10(14)8-11(13)15/h1,8-9H,4-7,16H2,2H3. The van der Waals surface area contributed by atoms with Crippen LogP contribution in [-0.4, -0.2) is 31.6 Å². The second-order valence-electron chi connectivity index (χ2n) is 3.95. The summed E-state index contributed by atoms with van der Waals surface area (Å²) in [7, 11) is 1.97. The summed E-state index contributed by atoms with van der Waals surface area (Å²) in [6, 6.07) is 3.22. The Morgan fingerprint density at radius 2 is 2.11 bits per heavy atom. The molecule has 0 spiro atoms. The zero-order valence-electron chi connectivity index (χ0n) is 10.2. The van der Waals surface area contributed by atoms with Crippen LogP contribution in [0.25, 0.3) is 0 Å². The Morgan fingerprint density at radius 1 is 1.39 bits per heavy atom. The van der Waals surface area contributed by atoms with E-state index in [0.29, 0.717) is 34.6 Å². The van der Waals surface area contributed by atoms with Gasteiger partial charge in [-0.2, -0.15) is 0 Å². The number of rotatable bonds is 6. The molecule has 0 aliphatic carbocycles. The summed E-state index contributed by atoms with van der Waals surface area (Å²) in [5, 5.41) is 0.896. The second kappa shape index (κ2) is 7.38. The minimum atomic E-state index is 0.432.